The Bertz CT molecular complexity index is 1070. The minimum absolute atomic E-state index is 0.207. The number of imidazole rings is 1. The molecule has 8 nitrogen and oxygen atoms in total. The van der Waals surface area contributed by atoms with Crippen molar-refractivity contribution in [3.05, 3.63) is 29.7 Å². The van der Waals surface area contributed by atoms with Gasteiger partial charge in [-0.15, -0.1) is 0 Å². The molecular formula is C24H37F2N5O3S. The minimum atomic E-state index is -2.68. The molecule has 1 fully saturated rings. The fourth-order valence-corrected chi connectivity index (χ4v) is 4.78. The largest absolute Gasteiger partial charge is 0.444 e. The van der Waals surface area contributed by atoms with Gasteiger partial charge in [0.1, 0.15) is 5.60 Å². The van der Waals surface area contributed by atoms with Crippen LogP contribution in [0.2, 0.25) is 0 Å². The maximum atomic E-state index is 13.8. The third-order valence-corrected chi connectivity index (χ3v) is 7.60. The maximum absolute atomic E-state index is 13.8. The molecule has 11 heteroatoms. The molecule has 196 valence electrons. The quantitative estimate of drug-likeness (QED) is 0.551. The molecule has 2 N–H and O–H groups in total. The maximum Gasteiger partial charge on any atom is 0.408 e. The van der Waals surface area contributed by atoms with Gasteiger partial charge in [0, 0.05) is 18.9 Å². The van der Waals surface area contributed by atoms with Crippen LogP contribution in [0.15, 0.2) is 18.5 Å². The highest BCUT2D eigenvalue weighted by Gasteiger charge is 2.39. The van der Waals surface area contributed by atoms with Crippen LogP contribution in [0.3, 0.4) is 0 Å². The molecule has 0 radical (unpaired) electrons. The Morgan fingerprint density at radius 2 is 1.86 bits per heavy atom. The van der Waals surface area contributed by atoms with Crippen molar-refractivity contribution in [2.24, 2.45) is 5.92 Å². The van der Waals surface area contributed by atoms with Crippen LogP contribution in [0.5, 0.6) is 0 Å². The van der Waals surface area contributed by atoms with Crippen molar-refractivity contribution >= 4 is 22.7 Å². The molecular weight excluding hydrogens is 476 g/mol. The number of aromatic nitrogens is 3. The van der Waals surface area contributed by atoms with Crippen molar-refractivity contribution in [3.8, 4) is 0 Å². The summed E-state index contributed by atoms with van der Waals surface area (Å²) in [6.45, 7) is 12.9. The summed E-state index contributed by atoms with van der Waals surface area (Å²) in [5.41, 5.74) is 1.19. The highest BCUT2D eigenvalue weighted by atomic mass is 32.2. The van der Waals surface area contributed by atoms with E-state index in [9.17, 15) is 17.8 Å². The summed E-state index contributed by atoms with van der Waals surface area (Å²) < 4.78 is 49.8. The van der Waals surface area contributed by atoms with E-state index in [1.165, 1.54) is 0 Å². The predicted molar refractivity (Wildman–Crippen MR) is 131 cm³/mol. The first-order chi connectivity index (χ1) is 16.0. The van der Waals surface area contributed by atoms with Crippen molar-refractivity contribution in [2.75, 3.05) is 0 Å². The third-order valence-electron chi connectivity index (χ3n) is 5.92. The lowest BCUT2D eigenvalue weighted by Gasteiger charge is -2.33. The Kier molecular flexibility index (Phi) is 7.91. The van der Waals surface area contributed by atoms with Crippen molar-refractivity contribution in [2.45, 2.75) is 103 Å². The molecule has 3 rings (SSSR count). The molecule has 1 unspecified atom stereocenters. The number of fused-ring (bicyclic) bond motifs is 1. The summed E-state index contributed by atoms with van der Waals surface area (Å²) in [5.74, 6) is -2.89. The molecule has 2 aromatic heterocycles. The number of hydrogen-bond donors (Lipinski definition) is 2. The Morgan fingerprint density at radius 3 is 2.43 bits per heavy atom. The standard InChI is InChI=1S/C24H37F2N5O3S/c1-15(30-35(33)23(5,6)7)17-12-19-28-18(14-31(19)27-13-17)20(29-21(32)34-22(2,3)4)16-8-10-24(25,26)11-9-16/h12-16,20,30H,8-11H2,1-7H3,(H,29,32)/t15-,20-,35?/m0/s1. The van der Waals surface area contributed by atoms with Gasteiger partial charge in [0.2, 0.25) is 5.92 Å². The number of amides is 1. The second-order valence-electron chi connectivity index (χ2n) is 11.3. The number of alkyl carbamates (subject to hydrolysis) is 1. The van der Waals surface area contributed by atoms with Crippen molar-refractivity contribution in [1.82, 2.24) is 24.6 Å². The Labute approximate surface area is 208 Å². The molecule has 1 saturated carbocycles. The lowest BCUT2D eigenvalue weighted by Crippen LogP contribution is -2.40. The Hall–Kier alpha value is -2.14. The molecule has 1 amide bonds. The number of carbonyl (C=O) groups is 1. The molecule has 0 aromatic carbocycles. The van der Waals surface area contributed by atoms with Crippen LogP contribution in [0.4, 0.5) is 13.6 Å². The van der Waals surface area contributed by atoms with E-state index in [0.717, 1.165) is 5.56 Å². The van der Waals surface area contributed by atoms with Gasteiger partial charge in [0.15, 0.2) is 5.65 Å². The number of carbonyl (C=O) groups excluding carboxylic acids is 1. The van der Waals surface area contributed by atoms with E-state index in [4.69, 9.17) is 4.74 Å². The van der Waals surface area contributed by atoms with E-state index in [0.29, 0.717) is 11.3 Å². The smallest absolute Gasteiger partial charge is 0.408 e. The van der Waals surface area contributed by atoms with Gasteiger partial charge in [0.25, 0.3) is 0 Å². The first-order valence-corrected chi connectivity index (χ1v) is 13.1. The highest BCUT2D eigenvalue weighted by molar-refractivity contribution is 7.84. The van der Waals surface area contributed by atoms with Gasteiger partial charge in [-0.25, -0.2) is 32.0 Å². The number of nitrogens with one attached hydrogen (secondary N) is 2. The molecule has 0 spiro atoms. The molecule has 35 heavy (non-hydrogen) atoms. The van der Waals surface area contributed by atoms with Crippen LogP contribution in [0.1, 0.15) is 97.5 Å². The lowest BCUT2D eigenvalue weighted by atomic mass is 9.81. The number of nitrogens with zero attached hydrogens (tertiary/aromatic N) is 3. The number of hydrogen-bond acceptors (Lipinski definition) is 5. The number of rotatable bonds is 6. The van der Waals surface area contributed by atoms with Crippen molar-refractivity contribution < 1.29 is 22.5 Å². The molecule has 1 aliphatic carbocycles. The van der Waals surface area contributed by atoms with Crippen molar-refractivity contribution in [1.29, 1.82) is 0 Å². The summed E-state index contributed by atoms with van der Waals surface area (Å²) in [7, 11) is -1.26. The Balaban J connectivity index is 1.87. The number of ether oxygens (including phenoxy) is 1. The van der Waals surface area contributed by atoms with Gasteiger partial charge in [-0.05, 0) is 78.9 Å². The summed E-state index contributed by atoms with van der Waals surface area (Å²) in [4.78, 5) is 17.3. The van der Waals surface area contributed by atoms with Crippen LogP contribution in [0.25, 0.3) is 5.65 Å². The average Bonchev–Trinajstić information content (AvgIpc) is 3.13. The monoisotopic (exact) mass is 513 g/mol. The number of alkyl halides is 2. The fraction of sp³-hybridized carbons (Fsp3) is 0.708. The summed E-state index contributed by atoms with van der Waals surface area (Å²) in [5, 5.41) is 7.30. The van der Waals surface area contributed by atoms with Crippen LogP contribution in [0, 0.1) is 5.92 Å². The molecule has 0 saturated heterocycles. The van der Waals surface area contributed by atoms with Gasteiger partial charge in [-0.2, -0.15) is 5.10 Å². The van der Waals surface area contributed by atoms with E-state index in [-0.39, 0.29) is 37.6 Å². The predicted octanol–water partition coefficient (Wildman–Crippen LogP) is 5.23. The molecule has 0 bridgehead atoms. The first-order valence-electron chi connectivity index (χ1n) is 11.9. The van der Waals surface area contributed by atoms with E-state index in [1.54, 1.807) is 37.7 Å². The van der Waals surface area contributed by atoms with Crippen LogP contribution < -0.4 is 10.0 Å². The summed E-state index contributed by atoms with van der Waals surface area (Å²) >= 11 is 0. The summed E-state index contributed by atoms with van der Waals surface area (Å²) in [6, 6.07) is 1.02. The highest BCUT2D eigenvalue weighted by Crippen LogP contribution is 2.41. The van der Waals surface area contributed by atoms with E-state index < -0.39 is 39.4 Å². The van der Waals surface area contributed by atoms with Gasteiger partial charge in [0.05, 0.1) is 39.9 Å². The molecule has 0 aliphatic heterocycles. The van der Waals surface area contributed by atoms with E-state index in [1.807, 2.05) is 33.8 Å². The normalized spacial score (nSPS) is 19.8. The molecule has 2 heterocycles. The van der Waals surface area contributed by atoms with Gasteiger partial charge in [-0.3, -0.25) is 0 Å². The second-order valence-corrected chi connectivity index (χ2v) is 13.3. The van der Waals surface area contributed by atoms with Gasteiger partial charge >= 0.3 is 6.09 Å². The topological polar surface area (TPSA) is 97.6 Å². The average molecular weight is 514 g/mol. The zero-order valence-electron chi connectivity index (χ0n) is 21.5. The lowest BCUT2D eigenvalue weighted by molar-refractivity contribution is -0.0500. The Morgan fingerprint density at radius 1 is 1.23 bits per heavy atom. The molecule has 3 atom stereocenters. The molecule has 1 aliphatic rings. The second kappa shape index (κ2) is 10.1. The van der Waals surface area contributed by atoms with Gasteiger partial charge < -0.3 is 10.1 Å². The summed E-state index contributed by atoms with van der Waals surface area (Å²) in [6.07, 6.45) is 2.83. The van der Waals surface area contributed by atoms with Crippen molar-refractivity contribution in [3.63, 3.8) is 0 Å². The zero-order chi connectivity index (χ0) is 26.2. The first kappa shape index (κ1) is 27.4. The van der Waals surface area contributed by atoms with Crippen LogP contribution in [-0.2, 0) is 15.7 Å². The zero-order valence-corrected chi connectivity index (χ0v) is 22.3. The van der Waals surface area contributed by atoms with E-state index >= 15 is 0 Å². The van der Waals surface area contributed by atoms with E-state index in [2.05, 4.69) is 20.1 Å². The van der Waals surface area contributed by atoms with Crippen LogP contribution >= 0.6 is 0 Å². The third kappa shape index (κ3) is 7.42. The van der Waals surface area contributed by atoms with Crippen LogP contribution in [-0.4, -0.2) is 41.2 Å². The number of halogens is 2. The SMILES string of the molecule is C[C@H](NS(=O)C(C)(C)C)c1cnn2cc([C@@H](NC(=O)OC(C)(C)C)C3CCC(F)(F)CC3)nc2c1. The van der Waals surface area contributed by atoms with Gasteiger partial charge in [-0.1, -0.05) is 0 Å². The molecule has 2 aromatic rings. The fourth-order valence-electron chi connectivity index (χ4n) is 3.97. The minimum Gasteiger partial charge on any atom is -0.444 e.